The summed E-state index contributed by atoms with van der Waals surface area (Å²) in [5.41, 5.74) is 0.831. The van der Waals surface area contributed by atoms with Crippen molar-refractivity contribution in [2.75, 3.05) is 18.0 Å². The molecule has 6 heteroatoms. The molecule has 1 unspecified atom stereocenters. The van der Waals surface area contributed by atoms with Crippen LogP contribution in [0, 0.1) is 0 Å². The Morgan fingerprint density at radius 3 is 3.10 bits per heavy atom. The van der Waals surface area contributed by atoms with Crippen LogP contribution in [0.15, 0.2) is 18.7 Å². The average molecular weight is 274 g/mol. The number of nitrogens with one attached hydrogen (secondary N) is 1. The molecule has 1 fully saturated rings. The number of hydrogen-bond donors (Lipinski definition) is 1. The molecule has 1 aliphatic heterocycles. The van der Waals surface area contributed by atoms with Gasteiger partial charge >= 0.3 is 0 Å². The quantitative estimate of drug-likeness (QED) is 0.915. The lowest BCUT2D eigenvalue weighted by Crippen LogP contribution is -2.46. The number of hydrogen-bond acceptors (Lipinski definition) is 5. The van der Waals surface area contributed by atoms with Gasteiger partial charge in [0, 0.05) is 31.0 Å². The summed E-state index contributed by atoms with van der Waals surface area (Å²) < 4.78 is 1.92. The van der Waals surface area contributed by atoms with Crippen molar-refractivity contribution in [1.29, 1.82) is 0 Å². The zero-order valence-electron chi connectivity index (χ0n) is 12.2. The van der Waals surface area contributed by atoms with Crippen LogP contribution in [-0.4, -0.2) is 44.8 Å². The molecule has 0 aromatic carbocycles. The van der Waals surface area contributed by atoms with Crippen LogP contribution >= 0.6 is 0 Å². The maximum absolute atomic E-state index is 4.54. The van der Waals surface area contributed by atoms with Gasteiger partial charge in [-0.3, -0.25) is 4.40 Å². The largest absolute Gasteiger partial charge is 0.349 e. The number of aromatic nitrogens is 4. The molecule has 0 spiro atoms. The SMILES string of the molecule is CC(C)N(CC1CCCCN1)c1nccn2cnnc12. The smallest absolute Gasteiger partial charge is 0.203 e. The molecule has 1 atom stereocenters. The fourth-order valence-corrected chi connectivity index (χ4v) is 2.81. The Morgan fingerprint density at radius 2 is 2.35 bits per heavy atom. The van der Waals surface area contributed by atoms with Crippen LogP contribution in [0.3, 0.4) is 0 Å². The van der Waals surface area contributed by atoms with Gasteiger partial charge in [0.05, 0.1) is 0 Å². The van der Waals surface area contributed by atoms with Crippen molar-refractivity contribution >= 4 is 11.5 Å². The van der Waals surface area contributed by atoms with Gasteiger partial charge < -0.3 is 10.2 Å². The second-order valence-electron chi connectivity index (χ2n) is 5.71. The van der Waals surface area contributed by atoms with E-state index in [0.717, 1.165) is 24.6 Å². The van der Waals surface area contributed by atoms with Crippen molar-refractivity contribution in [3.8, 4) is 0 Å². The highest BCUT2D eigenvalue weighted by atomic mass is 15.3. The van der Waals surface area contributed by atoms with Gasteiger partial charge in [-0.25, -0.2) is 4.98 Å². The Kier molecular flexibility index (Phi) is 3.82. The fourth-order valence-electron chi connectivity index (χ4n) is 2.81. The second kappa shape index (κ2) is 5.75. The third-order valence-corrected chi connectivity index (χ3v) is 3.92. The first-order valence-corrected chi connectivity index (χ1v) is 7.40. The van der Waals surface area contributed by atoms with E-state index in [-0.39, 0.29) is 0 Å². The van der Waals surface area contributed by atoms with Gasteiger partial charge in [-0.05, 0) is 33.2 Å². The van der Waals surface area contributed by atoms with E-state index >= 15 is 0 Å². The predicted octanol–water partition coefficient (Wildman–Crippen LogP) is 1.48. The number of rotatable bonds is 4. The summed E-state index contributed by atoms with van der Waals surface area (Å²) >= 11 is 0. The zero-order valence-corrected chi connectivity index (χ0v) is 12.2. The molecule has 1 N–H and O–H groups in total. The molecule has 0 bridgehead atoms. The first-order chi connectivity index (χ1) is 9.75. The molecule has 0 amide bonds. The van der Waals surface area contributed by atoms with Gasteiger partial charge in [-0.1, -0.05) is 6.42 Å². The van der Waals surface area contributed by atoms with Crippen LogP contribution < -0.4 is 10.2 Å². The summed E-state index contributed by atoms with van der Waals surface area (Å²) in [5.74, 6) is 0.923. The highest BCUT2D eigenvalue weighted by Gasteiger charge is 2.22. The molecule has 1 saturated heterocycles. The van der Waals surface area contributed by atoms with Crippen LogP contribution in [-0.2, 0) is 0 Å². The van der Waals surface area contributed by atoms with Gasteiger partial charge in [-0.2, -0.15) is 0 Å². The molecular weight excluding hydrogens is 252 g/mol. The number of nitrogens with zero attached hydrogens (tertiary/aromatic N) is 5. The molecule has 1 aliphatic rings. The number of anilines is 1. The summed E-state index contributed by atoms with van der Waals surface area (Å²) in [6.45, 7) is 6.49. The van der Waals surface area contributed by atoms with E-state index in [2.05, 4.69) is 39.2 Å². The standard InChI is InChI=1S/C14H22N6/c1-11(2)20(9-12-5-3-4-6-15-12)13-14-18-17-10-19(14)8-7-16-13/h7-8,10-12,15H,3-6,9H2,1-2H3. The van der Waals surface area contributed by atoms with Gasteiger partial charge in [0.15, 0.2) is 5.82 Å². The summed E-state index contributed by atoms with van der Waals surface area (Å²) in [5, 5.41) is 11.8. The Balaban J connectivity index is 1.87. The molecule has 0 aliphatic carbocycles. The van der Waals surface area contributed by atoms with Crippen LogP contribution in [0.1, 0.15) is 33.1 Å². The second-order valence-corrected chi connectivity index (χ2v) is 5.71. The molecular formula is C14H22N6. The van der Waals surface area contributed by atoms with Crippen molar-refractivity contribution in [3.63, 3.8) is 0 Å². The van der Waals surface area contributed by atoms with Crippen LogP contribution in [0.5, 0.6) is 0 Å². The first-order valence-electron chi connectivity index (χ1n) is 7.40. The number of piperidine rings is 1. The summed E-state index contributed by atoms with van der Waals surface area (Å²) in [6, 6.07) is 0.922. The van der Waals surface area contributed by atoms with E-state index in [1.54, 1.807) is 6.33 Å². The maximum atomic E-state index is 4.54. The summed E-state index contributed by atoms with van der Waals surface area (Å²) in [7, 11) is 0. The molecule has 108 valence electrons. The molecule has 20 heavy (non-hydrogen) atoms. The van der Waals surface area contributed by atoms with E-state index < -0.39 is 0 Å². The third-order valence-electron chi connectivity index (χ3n) is 3.92. The lowest BCUT2D eigenvalue weighted by Gasteiger charge is -2.33. The first kappa shape index (κ1) is 13.3. The Labute approximate surface area is 119 Å². The Morgan fingerprint density at radius 1 is 1.45 bits per heavy atom. The minimum absolute atomic E-state index is 0.383. The maximum Gasteiger partial charge on any atom is 0.203 e. The van der Waals surface area contributed by atoms with Crippen LogP contribution in [0.25, 0.3) is 5.65 Å². The van der Waals surface area contributed by atoms with Crippen molar-refractivity contribution < 1.29 is 0 Å². The molecule has 6 nitrogen and oxygen atoms in total. The average Bonchev–Trinajstić information content (AvgIpc) is 2.94. The molecule has 2 aromatic heterocycles. The van der Waals surface area contributed by atoms with E-state index in [4.69, 9.17) is 0 Å². The monoisotopic (exact) mass is 274 g/mol. The topological polar surface area (TPSA) is 58.4 Å². The Hall–Kier alpha value is -1.69. The van der Waals surface area contributed by atoms with Crippen LogP contribution in [0.4, 0.5) is 5.82 Å². The normalized spacial score (nSPS) is 19.6. The lowest BCUT2D eigenvalue weighted by molar-refractivity contribution is 0.393. The molecule has 3 rings (SSSR count). The number of fused-ring (bicyclic) bond motifs is 1. The molecule has 2 aromatic rings. The van der Waals surface area contributed by atoms with Crippen molar-refractivity contribution in [3.05, 3.63) is 18.7 Å². The molecule has 0 saturated carbocycles. The van der Waals surface area contributed by atoms with E-state index in [9.17, 15) is 0 Å². The summed E-state index contributed by atoms with van der Waals surface area (Å²) in [4.78, 5) is 6.87. The van der Waals surface area contributed by atoms with Crippen molar-refractivity contribution in [1.82, 2.24) is 24.9 Å². The van der Waals surface area contributed by atoms with Crippen molar-refractivity contribution in [2.24, 2.45) is 0 Å². The summed E-state index contributed by atoms with van der Waals surface area (Å²) in [6.07, 6.45) is 9.25. The van der Waals surface area contributed by atoms with Crippen molar-refractivity contribution in [2.45, 2.75) is 45.2 Å². The molecule has 3 heterocycles. The third kappa shape index (κ3) is 2.60. The van der Waals surface area contributed by atoms with Crippen LogP contribution in [0.2, 0.25) is 0 Å². The highest BCUT2D eigenvalue weighted by Crippen LogP contribution is 2.20. The van der Waals surface area contributed by atoms with Gasteiger partial charge in [0.1, 0.15) is 6.33 Å². The van der Waals surface area contributed by atoms with Gasteiger partial charge in [0.2, 0.25) is 5.65 Å². The lowest BCUT2D eigenvalue weighted by atomic mass is 10.0. The Bertz CT molecular complexity index is 558. The van der Waals surface area contributed by atoms with E-state index in [0.29, 0.717) is 12.1 Å². The van der Waals surface area contributed by atoms with E-state index in [1.807, 2.05) is 16.8 Å². The minimum atomic E-state index is 0.383. The molecule has 0 radical (unpaired) electrons. The van der Waals surface area contributed by atoms with Gasteiger partial charge in [0.25, 0.3) is 0 Å². The predicted molar refractivity (Wildman–Crippen MR) is 78.9 cm³/mol. The minimum Gasteiger partial charge on any atom is -0.349 e. The highest BCUT2D eigenvalue weighted by molar-refractivity contribution is 5.63. The van der Waals surface area contributed by atoms with Gasteiger partial charge in [-0.15, -0.1) is 10.2 Å². The fraction of sp³-hybridized carbons (Fsp3) is 0.643. The zero-order chi connectivity index (χ0) is 13.9. The van der Waals surface area contributed by atoms with E-state index in [1.165, 1.54) is 19.3 Å².